The van der Waals surface area contributed by atoms with Gasteiger partial charge in [-0.3, -0.25) is 19.6 Å². The first-order valence-electron chi connectivity index (χ1n) is 10.6. The Labute approximate surface area is 185 Å². The molecule has 1 amide bonds. The zero-order chi connectivity index (χ0) is 21.0. The predicted molar refractivity (Wildman–Crippen MR) is 120 cm³/mol. The van der Waals surface area contributed by atoms with E-state index < -0.39 is 0 Å². The van der Waals surface area contributed by atoms with Gasteiger partial charge in [-0.25, -0.2) is 5.01 Å². The highest BCUT2D eigenvalue weighted by atomic mass is 32.1. The van der Waals surface area contributed by atoms with Crippen molar-refractivity contribution in [2.75, 3.05) is 32.7 Å². The van der Waals surface area contributed by atoms with Crippen molar-refractivity contribution < 1.29 is 9.21 Å². The predicted octanol–water partition coefficient (Wildman–Crippen LogP) is 3.23. The van der Waals surface area contributed by atoms with Crippen molar-refractivity contribution in [3.63, 3.8) is 0 Å². The fourth-order valence-corrected chi connectivity index (χ4v) is 4.94. The van der Waals surface area contributed by atoms with Crippen LogP contribution in [0.4, 0.5) is 0 Å². The van der Waals surface area contributed by atoms with Gasteiger partial charge in [0.25, 0.3) is 5.91 Å². The number of pyridine rings is 1. The SMILES string of the molecule is O=C(CN1CCN(Cc2ccccn2)CC1)N1N=C(c2ccco2)CC1c1cccs1. The summed E-state index contributed by atoms with van der Waals surface area (Å²) in [6.45, 7) is 4.83. The van der Waals surface area contributed by atoms with Gasteiger partial charge in [0.15, 0.2) is 0 Å². The number of hydrazone groups is 1. The summed E-state index contributed by atoms with van der Waals surface area (Å²) >= 11 is 1.66. The number of carbonyl (C=O) groups is 1. The van der Waals surface area contributed by atoms with Crippen molar-refractivity contribution >= 4 is 23.0 Å². The molecular weight excluding hydrogens is 410 g/mol. The maximum Gasteiger partial charge on any atom is 0.257 e. The number of nitrogens with zero attached hydrogens (tertiary/aromatic N) is 5. The van der Waals surface area contributed by atoms with Gasteiger partial charge in [0.05, 0.1) is 24.5 Å². The molecule has 2 aliphatic rings. The lowest BCUT2D eigenvalue weighted by molar-refractivity contribution is -0.134. The molecule has 0 aromatic carbocycles. The third-order valence-electron chi connectivity index (χ3n) is 5.78. The van der Waals surface area contributed by atoms with Gasteiger partial charge < -0.3 is 4.42 Å². The van der Waals surface area contributed by atoms with Crippen LogP contribution < -0.4 is 0 Å². The highest BCUT2D eigenvalue weighted by molar-refractivity contribution is 7.10. The van der Waals surface area contributed by atoms with E-state index in [1.807, 2.05) is 41.9 Å². The summed E-state index contributed by atoms with van der Waals surface area (Å²) in [5, 5.41) is 8.39. The van der Waals surface area contributed by atoms with E-state index in [4.69, 9.17) is 4.42 Å². The average Bonchev–Trinajstić information content (AvgIpc) is 3.56. The lowest BCUT2D eigenvalue weighted by Gasteiger charge is -2.34. The molecule has 0 radical (unpaired) electrons. The standard InChI is InChI=1S/C23H25N5O2S/c29-23(17-27-11-9-26(10-12-27)16-18-5-1-2-8-24-18)28-20(22-7-4-14-31-22)15-19(25-28)21-6-3-13-30-21/h1-8,13-14,20H,9-12,15-17H2. The molecule has 0 N–H and O–H groups in total. The first-order valence-corrected chi connectivity index (χ1v) is 11.5. The molecule has 0 spiro atoms. The van der Waals surface area contributed by atoms with E-state index in [2.05, 4.69) is 32.0 Å². The molecule has 0 saturated carbocycles. The maximum absolute atomic E-state index is 13.2. The number of hydrogen-bond donors (Lipinski definition) is 0. The van der Waals surface area contributed by atoms with Crippen LogP contribution in [-0.2, 0) is 11.3 Å². The molecule has 3 aromatic heterocycles. The molecule has 1 saturated heterocycles. The van der Waals surface area contributed by atoms with Crippen LogP contribution in [0.1, 0.15) is 28.8 Å². The highest BCUT2D eigenvalue weighted by Gasteiger charge is 2.35. The summed E-state index contributed by atoms with van der Waals surface area (Å²) in [4.78, 5) is 23.4. The van der Waals surface area contributed by atoms with Gasteiger partial charge in [0, 0.05) is 50.2 Å². The smallest absolute Gasteiger partial charge is 0.257 e. The van der Waals surface area contributed by atoms with Crippen molar-refractivity contribution in [1.82, 2.24) is 19.8 Å². The minimum Gasteiger partial charge on any atom is -0.463 e. The van der Waals surface area contributed by atoms with E-state index in [-0.39, 0.29) is 11.9 Å². The summed E-state index contributed by atoms with van der Waals surface area (Å²) in [5.74, 6) is 0.776. The molecule has 0 bridgehead atoms. The number of piperazine rings is 1. The molecule has 0 aliphatic carbocycles. The van der Waals surface area contributed by atoms with Gasteiger partial charge >= 0.3 is 0 Å². The molecule has 1 fully saturated rings. The fraction of sp³-hybridized carbons (Fsp3) is 0.348. The molecule has 7 nitrogen and oxygen atoms in total. The van der Waals surface area contributed by atoms with Gasteiger partial charge in [-0.15, -0.1) is 11.3 Å². The van der Waals surface area contributed by atoms with Crippen molar-refractivity contribution in [1.29, 1.82) is 0 Å². The summed E-state index contributed by atoms with van der Waals surface area (Å²) in [6, 6.07) is 13.8. The van der Waals surface area contributed by atoms with Crippen LogP contribution in [-0.4, -0.2) is 64.1 Å². The molecule has 2 aliphatic heterocycles. The van der Waals surface area contributed by atoms with Crippen LogP contribution in [0.25, 0.3) is 0 Å². The van der Waals surface area contributed by atoms with E-state index in [1.54, 1.807) is 22.6 Å². The number of carbonyl (C=O) groups excluding carboxylic acids is 1. The number of hydrogen-bond acceptors (Lipinski definition) is 7. The summed E-state index contributed by atoms with van der Waals surface area (Å²) in [6.07, 6.45) is 4.16. The zero-order valence-electron chi connectivity index (χ0n) is 17.3. The monoisotopic (exact) mass is 435 g/mol. The van der Waals surface area contributed by atoms with E-state index in [9.17, 15) is 4.79 Å². The Hall–Kier alpha value is -2.81. The second-order valence-electron chi connectivity index (χ2n) is 7.87. The third-order valence-corrected chi connectivity index (χ3v) is 6.75. The fourth-order valence-electron chi connectivity index (χ4n) is 4.12. The Morgan fingerprint density at radius 2 is 1.94 bits per heavy atom. The molecule has 8 heteroatoms. The van der Waals surface area contributed by atoms with Crippen molar-refractivity contribution in [2.24, 2.45) is 5.10 Å². The normalized spacial score (nSPS) is 20.2. The molecule has 1 unspecified atom stereocenters. The molecule has 160 valence electrons. The lowest BCUT2D eigenvalue weighted by Crippen LogP contribution is -2.49. The van der Waals surface area contributed by atoms with Gasteiger partial charge in [-0.2, -0.15) is 5.10 Å². The Morgan fingerprint density at radius 1 is 1.06 bits per heavy atom. The summed E-state index contributed by atoms with van der Waals surface area (Å²) < 4.78 is 5.54. The van der Waals surface area contributed by atoms with Crippen LogP contribution in [0.15, 0.2) is 69.8 Å². The van der Waals surface area contributed by atoms with E-state index in [0.717, 1.165) is 54.8 Å². The molecule has 1 atom stereocenters. The van der Waals surface area contributed by atoms with Crippen LogP contribution in [0.3, 0.4) is 0 Å². The van der Waals surface area contributed by atoms with E-state index in [1.165, 1.54) is 0 Å². The van der Waals surface area contributed by atoms with Gasteiger partial charge in [-0.1, -0.05) is 12.1 Å². The summed E-state index contributed by atoms with van der Waals surface area (Å²) in [7, 11) is 0. The topological polar surface area (TPSA) is 65.2 Å². The molecule has 3 aromatic rings. The molecule has 5 heterocycles. The van der Waals surface area contributed by atoms with Crippen molar-refractivity contribution in [3.8, 4) is 0 Å². The maximum atomic E-state index is 13.2. The third kappa shape index (κ3) is 4.61. The number of furan rings is 1. The second-order valence-corrected chi connectivity index (χ2v) is 8.85. The Morgan fingerprint density at radius 3 is 2.65 bits per heavy atom. The van der Waals surface area contributed by atoms with Crippen LogP contribution >= 0.6 is 11.3 Å². The zero-order valence-corrected chi connectivity index (χ0v) is 18.1. The largest absolute Gasteiger partial charge is 0.463 e. The number of aromatic nitrogens is 1. The summed E-state index contributed by atoms with van der Waals surface area (Å²) in [5.41, 5.74) is 1.92. The lowest BCUT2D eigenvalue weighted by atomic mass is 10.1. The van der Waals surface area contributed by atoms with Gasteiger partial charge in [0.2, 0.25) is 0 Å². The Kier molecular flexibility index (Phi) is 5.93. The van der Waals surface area contributed by atoms with Crippen LogP contribution in [0.5, 0.6) is 0 Å². The first kappa shape index (κ1) is 20.1. The van der Waals surface area contributed by atoms with Gasteiger partial charge in [0.1, 0.15) is 11.5 Å². The first-order chi connectivity index (χ1) is 15.3. The van der Waals surface area contributed by atoms with Crippen molar-refractivity contribution in [3.05, 3.63) is 76.6 Å². The minimum atomic E-state index is -0.0574. The Bertz CT molecular complexity index is 1010. The number of amides is 1. The van der Waals surface area contributed by atoms with Crippen LogP contribution in [0, 0.1) is 0 Å². The highest BCUT2D eigenvalue weighted by Crippen LogP contribution is 2.35. The average molecular weight is 436 g/mol. The Balaban J connectivity index is 1.21. The molecule has 5 rings (SSSR count). The van der Waals surface area contributed by atoms with E-state index >= 15 is 0 Å². The second kappa shape index (κ2) is 9.13. The minimum absolute atomic E-state index is 0.0399. The van der Waals surface area contributed by atoms with Crippen LogP contribution in [0.2, 0.25) is 0 Å². The quantitative estimate of drug-likeness (QED) is 0.595. The van der Waals surface area contributed by atoms with E-state index in [0.29, 0.717) is 13.0 Å². The van der Waals surface area contributed by atoms with Gasteiger partial charge in [-0.05, 0) is 35.7 Å². The number of rotatable bonds is 6. The molecule has 31 heavy (non-hydrogen) atoms. The molecular formula is C23H25N5O2S. The van der Waals surface area contributed by atoms with Crippen molar-refractivity contribution in [2.45, 2.75) is 19.0 Å². The number of thiophene rings is 1.